The number of amides is 3. The molecule has 5 aromatic rings. The van der Waals surface area contributed by atoms with Crippen LogP contribution < -0.4 is 9.62 Å². The summed E-state index contributed by atoms with van der Waals surface area (Å²) in [7, 11) is -13.5. The maximum absolute atomic E-state index is 16.0. The highest BCUT2D eigenvalue weighted by atomic mass is 127. The van der Waals surface area contributed by atoms with Crippen LogP contribution in [0.25, 0.3) is 22.0 Å². The van der Waals surface area contributed by atoms with Gasteiger partial charge in [-0.3, -0.25) is 37.7 Å². The topological polar surface area (TPSA) is 267 Å². The second-order valence-corrected chi connectivity index (χ2v) is 33.5. The van der Waals surface area contributed by atoms with Gasteiger partial charge in [0.25, 0.3) is 5.92 Å². The number of rotatable bonds is 22. The third kappa shape index (κ3) is 20.0. The summed E-state index contributed by atoms with van der Waals surface area (Å²) in [5.74, 6) is -7.96. The number of nitrogens with one attached hydrogen (secondary N) is 1. The van der Waals surface area contributed by atoms with Gasteiger partial charge in [0.15, 0.2) is 21.3 Å². The molecule has 0 unspecified atom stereocenters. The number of anilines is 1. The lowest BCUT2D eigenvalue weighted by Gasteiger charge is -2.31. The first-order valence-corrected chi connectivity index (χ1v) is 35.6. The molecule has 22 nitrogen and oxygen atoms in total. The summed E-state index contributed by atoms with van der Waals surface area (Å²) in [5, 5.41) is 8.56. The molecule has 37 heteroatoms. The van der Waals surface area contributed by atoms with Crippen molar-refractivity contribution in [3.05, 3.63) is 93.0 Å². The van der Waals surface area contributed by atoms with Gasteiger partial charge < -0.3 is 14.8 Å². The zero-order valence-electron chi connectivity index (χ0n) is 54.1. The Bertz CT molecular complexity index is 4140. The van der Waals surface area contributed by atoms with Crippen molar-refractivity contribution in [3.8, 4) is 23.0 Å². The number of halogens is 12. The lowest BCUT2D eigenvalue weighted by Crippen LogP contribution is -2.41. The standard InChI is InChI=1S/C59H69ClF10IN8O14PS2/c1-32-46(71)45-49(59(68,69)70)74-77(50(45)58(32,66)67)28-41(80)73-40(26-33-24-34(61)27-35(62)25-33)47-37(18-17-36(72-47)21-22-56(11,12)95(13,85)86)38-19-20-39(60)44-48(38)78(30-57(63,64)65)75-51(44)79(96(14,87)88)42(81)16-15-23-76(29-43(82)91-53(2,3)4)52(83)89-31-90-94(84,92-54(5,6)7)93-55(8,9)10/h17-20,24-25,27,32,40,46H,15-16,23,26,28-31H2,1-14H3,(H,73,80)/t32-,40+,46+/m1/s1. The second-order valence-electron chi connectivity index (χ2n) is 25.8. The molecule has 2 aromatic carbocycles. The number of alkyl halides is 9. The van der Waals surface area contributed by atoms with Crippen LogP contribution in [-0.4, -0.2) is 130 Å². The Balaban J connectivity index is 1.52. The fraction of sp³-hybridized carbons (Fsp3) is 0.542. The molecule has 6 rings (SSSR count). The molecule has 0 bridgehead atoms. The highest BCUT2D eigenvalue weighted by Crippen LogP contribution is 2.59. The molecule has 0 saturated heterocycles. The molecule has 1 aliphatic rings. The number of nitrogens with zero attached hydrogens (tertiary/aromatic N) is 7. The highest BCUT2D eigenvalue weighted by Gasteiger charge is 2.58. The fourth-order valence-electron chi connectivity index (χ4n) is 9.59. The summed E-state index contributed by atoms with van der Waals surface area (Å²) in [4.78, 5) is 61.1. The van der Waals surface area contributed by atoms with E-state index in [2.05, 4.69) is 32.3 Å². The monoisotopic (exact) mass is 1560 g/mol. The van der Waals surface area contributed by atoms with Crippen molar-refractivity contribution in [1.82, 2.24) is 34.8 Å². The number of sulfonamides is 1. The van der Waals surface area contributed by atoms with Crippen molar-refractivity contribution in [1.29, 1.82) is 0 Å². The first-order valence-electron chi connectivity index (χ1n) is 28.8. The van der Waals surface area contributed by atoms with Crippen molar-refractivity contribution in [3.63, 3.8) is 0 Å². The summed E-state index contributed by atoms with van der Waals surface area (Å²) in [6, 6.07) is 4.39. The molecule has 0 saturated carbocycles. The van der Waals surface area contributed by atoms with Crippen LogP contribution in [0.5, 0.6) is 0 Å². The van der Waals surface area contributed by atoms with Crippen molar-refractivity contribution in [2.24, 2.45) is 5.92 Å². The van der Waals surface area contributed by atoms with Crippen LogP contribution in [0.1, 0.15) is 140 Å². The molecule has 1 aliphatic carbocycles. The zero-order valence-corrected chi connectivity index (χ0v) is 59.5. The van der Waals surface area contributed by atoms with E-state index in [1.54, 1.807) is 0 Å². The second kappa shape index (κ2) is 28.6. The molecule has 3 atom stereocenters. The number of phosphoric ester groups is 1. The molecule has 3 amide bonds. The lowest BCUT2D eigenvalue weighted by atomic mass is 9.93. The Hall–Kier alpha value is -6.16. The number of hydrogen-bond donors (Lipinski definition) is 1. The molecule has 1 N–H and O–H groups in total. The number of sulfone groups is 1. The molecular formula is C59H69ClF10IN8O14PS2. The van der Waals surface area contributed by atoms with E-state index in [9.17, 15) is 66.9 Å². The number of carbonyl (C=O) groups excluding carboxylic acids is 4. The summed E-state index contributed by atoms with van der Waals surface area (Å²) >= 11 is 8.19. The molecule has 0 spiro atoms. The van der Waals surface area contributed by atoms with Gasteiger partial charge in [-0.05, 0) is 131 Å². The number of benzene rings is 2. The van der Waals surface area contributed by atoms with Gasteiger partial charge in [-0.15, -0.1) is 0 Å². The Morgan fingerprint density at radius 2 is 1.43 bits per heavy atom. The summed E-state index contributed by atoms with van der Waals surface area (Å²) in [6.07, 6.45) is -12.8. The average molecular weight is 1560 g/mol. The van der Waals surface area contributed by atoms with Crippen molar-refractivity contribution >= 4 is 102 Å². The van der Waals surface area contributed by atoms with E-state index in [4.69, 9.17) is 34.6 Å². The van der Waals surface area contributed by atoms with Crippen molar-refractivity contribution in [2.75, 3.05) is 36.7 Å². The van der Waals surface area contributed by atoms with Crippen LogP contribution in [0.15, 0.2) is 42.5 Å². The van der Waals surface area contributed by atoms with E-state index in [1.165, 1.54) is 98.8 Å². The molecule has 3 heterocycles. The number of fused-ring (bicyclic) bond motifs is 2. The van der Waals surface area contributed by atoms with Crippen LogP contribution in [0, 0.1) is 29.4 Å². The summed E-state index contributed by atoms with van der Waals surface area (Å²) < 4.78 is 242. The molecule has 530 valence electrons. The molecule has 0 aliphatic heterocycles. The van der Waals surface area contributed by atoms with Gasteiger partial charge in [-0.1, -0.05) is 53.1 Å². The van der Waals surface area contributed by atoms with Crippen molar-refractivity contribution < 1.29 is 108 Å². The predicted molar refractivity (Wildman–Crippen MR) is 339 cm³/mol. The number of aromatic nitrogens is 5. The third-order valence-corrected chi connectivity index (χ3v) is 20.7. The van der Waals surface area contributed by atoms with Gasteiger partial charge in [-0.25, -0.2) is 44.5 Å². The number of hydrogen-bond acceptors (Lipinski definition) is 17. The van der Waals surface area contributed by atoms with Gasteiger partial charge in [0.05, 0.1) is 45.1 Å². The van der Waals surface area contributed by atoms with Gasteiger partial charge in [0, 0.05) is 51.8 Å². The van der Waals surface area contributed by atoms with Crippen LogP contribution in [0.2, 0.25) is 5.02 Å². The minimum absolute atomic E-state index is 0.00784. The van der Waals surface area contributed by atoms with E-state index in [0.717, 1.165) is 49.6 Å². The minimum Gasteiger partial charge on any atom is -0.459 e. The normalized spacial score (nSPS) is 16.0. The van der Waals surface area contributed by atoms with Crippen molar-refractivity contribution in [2.45, 2.75) is 165 Å². The van der Waals surface area contributed by atoms with Crippen LogP contribution in [-0.2, 0) is 93.5 Å². The number of pyridine rings is 1. The number of ether oxygens (including phenoxy) is 2. The predicted octanol–water partition coefficient (Wildman–Crippen LogP) is 12.9. The quantitative estimate of drug-likeness (QED) is 0.0128. The number of esters is 1. The Morgan fingerprint density at radius 1 is 0.844 bits per heavy atom. The molecular weight excluding hydrogens is 1490 g/mol. The molecule has 0 fully saturated rings. The molecule has 0 radical (unpaired) electrons. The average Bonchev–Trinajstić information content (AvgIpc) is 1.56. The SMILES string of the molecule is C[C@@H]1[C@H](I)c2c(C(F)(F)F)nn(CC(=O)N[C@@H](Cc3cc(F)cc(F)c3)c3nc(C#CC(C)(C)S(C)(=O)=O)ccc3-c3ccc(Cl)c4c(N(C(=O)CCCN(CC(=O)OC(C)(C)C)C(=O)OCOP(=O)(OC(C)(C)C)OC(C)(C)C)S(C)(=O)=O)nn(CC(F)(F)F)c34)c2C1(F)F. The summed E-state index contributed by atoms with van der Waals surface area (Å²) in [6.45, 7) is 11.0. The van der Waals surface area contributed by atoms with Gasteiger partial charge in [-0.2, -0.15) is 49.6 Å². The van der Waals surface area contributed by atoms with Crippen LogP contribution in [0.3, 0.4) is 0 Å². The maximum Gasteiger partial charge on any atom is 0.478 e. The first-order chi connectivity index (χ1) is 43.5. The third-order valence-electron chi connectivity index (χ3n) is 13.7. The van der Waals surface area contributed by atoms with E-state index < -0.39 is 221 Å². The Morgan fingerprint density at radius 3 is 1.96 bits per heavy atom. The lowest BCUT2D eigenvalue weighted by molar-refractivity contribution is -0.156. The first kappa shape index (κ1) is 78.8. The van der Waals surface area contributed by atoms with E-state index in [1.807, 2.05) is 0 Å². The van der Waals surface area contributed by atoms with Gasteiger partial charge >= 0.3 is 32.2 Å². The van der Waals surface area contributed by atoms with Gasteiger partial charge in [0.2, 0.25) is 28.6 Å². The number of phosphoric acid groups is 1. The highest BCUT2D eigenvalue weighted by molar-refractivity contribution is 14.1. The van der Waals surface area contributed by atoms with Crippen LogP contribution >= 0.6 is 42.0 Å². The van der Waals surface area contributed by atoms with Crippen LogP contribution in [0.4, 0.5) is 54.5 Å². The van der Waals surface area contributed by atoms with E-state index >= 15 is 17.6 Å². The van der Waals surface area contributed by atoms with Gasteiger partial charge in [0.1, 0.15) is 53.0 Å². The number of carbonyl (C=O) groups is 4. The molecule has 96 heavy (non-hydrogen) atoms. The fourth-order valence-corrected chi connectivity index (χ4v) is 13.7. The maximum atomic E-state index is 16.0. The van der Waals surface area contributed by atoms with E-state index in [-0.39, 0.29) is 30.5 Å². The largest absolute Gasteiger partial charge is 0.478 e. The minimum atomic E-state index is -5.32. The zero-order chi connectivity index (χ0) is 72.8. The Labute approximate surface area is 565 Å². The smallest absolute Gasteiger partial charge is 0.459 e. The Kier molecular flexibility index (Phi) is 23.5. The van der Waals surface area contributed by atoms with E-state index in [0.29, 0.717) is 17.2 Å². The summed E-state index contributed by atoms with van der Waals surface area (Å²) in [5.41, 5.74) is -10.0. The molecule has 3 aromatic heterocycles.